The Hall–Kier alpha value is -1.32. The molecule has 1 saturated heterocycles. The lowest BCUT2D eigenvalue weighted by atomic mass is 9.92. The Morgan fingerprint density at radius 1 is 1.58 bits per heavy atom. The van der Waals surface area contributed by atoms with Crippen molar-refractivity contribution in [1.29, 1.82) is 0 Å². The van der Waals surface area contributed by atoms with Crippen LogP contribution in [0.3, 0.4) is 0 Å². The smallest absolute Gasteiger partial charge is 0.220 e. The predicted octanol–water partition coefficient (Wildman–Crippen LogP) is 0.403. The van der Waals surface area contributed by atoms with Gasteiger partial charge in [-0.1, -0.05) is 0 Å². The highest BCUT2D eigenvalue weighted by molar-refractivity contribution is 5.77. The lowest BCUT2D eigenvalue weighted by Crippen LogP contribution is -2.32. The van der Waals surface area contributed by atoms with Crippen LogP contribution in [0.25, 0.3) is 0 Å². The third-order valence-corrected chi connectivity index (χ3v) is 2.24. The van der Waals surface area contributed by atoms with Gasteiger partial charge in [-0.25, -0.2) is 0 Å². The largest absolute Gasteiger partial charge is 0.356 e. The standard InChI is InChI=1S/C8H11N3O/c12-8-3-6(1-2-9-8)7-4-10-11-5-7/h4-6H,1-3H2,(H,9,12)(H,10,11)/t6-/m0/s1. The van der Waals surface area contributed by atoms with E-state index in [1.54, 1.807) is 6.20 Å². The summed E-state index contributed by atoms with van der Waals surface area (Å²) in [4.78, 5) is 11.0. The summed E-state index contributed by atoms with van der Waals surface area (Å²) in [5.74, 6) is 0.505. The van der Waals surface area contributed by atoms with E-state index in [9.17, 15) is 4.79 Å². The average molecular weight is 165 g/mol. The molecule has 2 heterocycles. The van der Waals surface area contributed by atoms with Gasteiger partial charge in [0.1, 0.15) is 0 Å². The van der Waals surface area contributed by atoms with Crippen molar-refractivity contribution >= 4 is 5.91 Å². The van der Waals surface area contributed by atoms with Gasteiger partial charge in [0, 0.05) is 19.2 Å². The molecule has 1 fully saturated rings. The fourth-order valence-corrected chi connectivity index (χ4v) is 1.55. The van der Waals surface area contributed by atoms with Crippen LogP contribution in [-0.2, 0) is 4.79 Å². The number of H-pyrrole nitrogens is 1. The highest BCUT2D eigenvalue weighted by Gasteiger charge is 2.20. The van der Waals surface area contributed by atoms with Gasteiger partial charge in [-0.05, 0) is 17.9 Å². The van der Waals surface area contributed by atoms with Crippen LogP contribution >= 0.6 is 0 Å². The number of nitrogens with one attached hydrogen (secondary N) is 2. The van der Waals surface area contributed by atoms with Gasteiger partial charge in [-0.3, -0.25) is 9.89 Å². The topological polar surface area (TPSA) is 57.8 Å². The van der Waals surface area contributed by atoms with Gasteiger partial charge in [0.25, 0.3) is 0 Å². The molecule has 1 amide bonds. The van der Waals surface area contributed by atoms with E-state index in [1.807, 2.05) is 6.20 Å². The maximum absolute atomic E-state index is 11.0. The molecule has 1 aromatic heterocycles. The minimum Gasteiger partial charge on any atom is -0.356 e. The second kappa shape index (κ2) is 2.97. The number of carbonyl (C=O) groups is 1. The van der Waals surface area contributed by atoms with E-state index in [2.05, 4.69) is 15.5 Å². The molecule has 4 nitrogen and oxygen atoms in total. The van der Waals surface area contributed by atoms with Crippen molar-refractivity contribution in [3.63, 3.8) is 0 Å². The third kappa shape index (κ3) is 1.32. The SMILES string of the molecule is O=C1C[C@@H](c2cn[nH]c2)CCN1. The van der Waals surface area contributed by atoms with Crippen molar-refractivity contribution in [1.82, 2.24) is 15.5 Å². The maximum Gasteiger partial charge on any atom is 0.220 e. The first kappa shape index (κ1) is 7.34. The molecule has 64 valence electrons. The van der Waals surface area contributed by atoms with Crippen molar-refractivity contribution in [3.8, 4) is 0 Å². The molecular formula is C8H11N3O. The summed E-state index contributed by atoms with van der Waals surface area (Å²) >= 11 is 0. The summed E-state index contributed by atoms with van der Waals surface area (Å²) in [7, 11) is 0. The minimum absolute atomic E-state index is 0.146. The highest BCUT2D eigenvalue weighted by Crippen LogP contribution is 2.23. The Balaban J connectivity index is 2.09. The molecule has 1 atom stereocenters. The van der Waals surface area contributed by atoms with Gasteiger partial charge in [0.2, 0.25) is 5.91 Å². The van der Waals surface area contributed by atoms with Gasteiger partial charge in [0.05, 0.1) is 6.20 Å². The van der Waals surface area contributed by atoms with Crippen molar-refractivity contribution < 1.29 is 4.79 Å². The van der Waals surface area contributed by atoms with Crippen LogP contribution in [0, 0.1) is 0 Å². The molecule has 2 N–H and O–H groups in total. The molecule has 2 rings (SSSR count). The average Bonchev–Trinajstić information content (AvgIpc) is 2.56. The highest BCUT2D eigenvalue weighted by atomic mass is 16.1. The molecule has 1 aliphatic heterocycles. The molecule has 0 aromatic carbocycles. The lowest BCUT2D eigenvalue weighted by Gasteiger charge is -2.20. The molecule has 1 aliphatic rings. The van der Waals surface area contributed by atoms with E-state index in [1.165, 1.54) is 0 Å². The summed E-state index contributed by atoms with van der Waals surface area (Å²) in [5, 5.41) is 9.43. The molecule has 0 spiro atoms. The first-order valence-corrected chi connectivity index (χ1v) is 4.11. The van der Waals surface area contributed by atoms with Crippen molar-refractivity contribution in [2.75, 3.05) is 6.54 Å². The summed E-state index contributed by atoms with van der Waals surface area (Å²) in [6.07, 6.45) is 5.28. The summed E-state index contributed by atoms with van der Waals surface area (Å²) in [5.41, 5.74) is 1.14. The van der Waals surface area contributed by atoms with E-state index in [-0.39, 0.29) is 5.91 Å². The Bertz CT molecular complexity index is 268. The molecule has 4 heteroatoms. The van der Waals surface area contributed by atoms with Crippen LogP contribution in [-0.4, -0.2) is 22.6 Å². The predicted molar refractivity (Wildman–Crippen MR) is 43.6 cm³/mol. The van der Waals surface area contributed by atoms with E-state index in [0.29, 0.717) is 12.3 Å². The first-order valence-electron chi connectivity index (χ1n) is 4.11. The number of rotatable bonds is 1. The number of amides is 1. The van der Waals surface area contributed by atoms with Crippen LogP contribution < -0.4 is 5.32 Å². The number of hydrogen-bond donors (Lipinski definition) is 2. The van der Waals surface area contributed by atoms with Crippen LogP contribution in [0.1, 0.15) is 24.3 Å². The van der Waals surface area contributed by atoms with E-state index >= 15 is 0 Å². The Morgan fingerprint density at radius 3 is 3.17 bits per heavy atom. The summed E-state index contributed by atoms with van der Waals surface area (Å²) in [6, 6.07) is 0. The fraction of sp³-hybridized carbons (Fsp3) is 0.500. The zero-order valence-electron chi connectivity index (χ0n) is 6.71. The van der Waals surface area contributed by atoms with Crippen LogP contribution in [0.5, 0.6) is 0 Å². The number of hydrogen-bond acceptors (Lipinski definition) is 2. The molecule has 0 unspecified atom stereocenters. The van der Waals surface area contributed by atoms with Gasteiger partial charge in [0.15, 0.2) is 0 Å². The van der Waals surface area contributed by atoms with E-state index < -0.39 is 0 Å². The number of nitrogens with zero attached hydrogens (tertiary/aromatic N) is 1. The second-order valence-electron chi connectivity index (χ2n) is 3.07. The van der Waals surface area contributed by atoms with Crippen LogP contribution in [0.15, 0.2) is 12.4 Å². The maximum atomic E-state index is 11.0. The molecule has 0 radical (unpaired) electrons. The Kier molecular flexibility index (Phi) is 1.81. The van der Waals surface area contributed by atoms with Crippen LogP contribution in [0.4, 0.5) is 0 Å². The quantitative estimate of drug-likeness (QED) is 0.633. The molecule has 0 saturated carbocycles. The molecule has 0 bridgehead atoms. The lowest BCUT2D eigenvalue weighted by molar-refractivity contribution is -0.122. The summed E-state index contributed by atoms with van der Waals surface area (Å²) in [6.45, 7) is 0.786. The van der Waals surface area contributed by atoms with Gasteiger partial charge in [-0.2, -0.15) is 5.10 Å². The van der Waals surface area contributed by atoms with Crippen LogP contribution in [0.2, 0.25) is 0 Å². The van der Waals surface area contributed by atoms with E-state index in [4.69, 9.17) is 0 Å². The monoisotopic (exact) mass is 165 g/mol. The number of aromatic amines is 1. The second-order valence-corrected chi connectivity index (χ2v) is 3.07. The van der Waals surface area contributed by atoms with Crippen molar-refractivity contribution in [2.45, 2.75) is 18.8 Å². The molecule has 0 aliphatic carbocycles. The fourth-order valence-electron chi connectivity index (χ4n) is 1.55. The number of piperidine rings is 1. The van der Waals surface area contributed by atoms with Gasteiger partial charge < -0.3 is 5.32 Å². The molecule has 12 heavy (non-hydrogen) atoms. The Labute approximate surface area is 70.4 Å². The number of carbonyl (C=O) groups excluding carboxylic acids is 1. The third-order valence-electron chi connectivity index (χ3n) is 2.24. The zero-order valence-corrected chi connectivity index (χ0v) is 6.71. The minimum atomic E-state index is 0.146. The van der Waals surface area contributed by atoms with Gasteiger partial charge >= 0.3 is 0 Å². The Morgan fingerprint density at radius 2 is 2.50 bits per heavy atom. The normalized spacial score (nSPS) is 23.7. The van der Waals surface area contributed by atoms with Gasteiger partial charge in [-0.15, -0.1) is 0 Å². The number of aromatic nitrogens is 2. The molecular weight excluding hydrogens is 154 g/mol. The van der Waals surface area contributed by atoms with Crippen molar-refractivity contribution in [3.05, 3.63) is 18.0 Å². The first-order chi connectivity index (χ1) is 5.86. The van der Waals surface area contributed by atoms with E-state index in [0.717, 1.165) is 18.5 Å². The molecule has 1 aromatic rings. The van der Waals surface area contributed by atoms with Crippen molar-refractivity contribution in [2.24, 2.45) is 0 Å². The summed E-state index contributed by atoms with van der Waals surface area (Å²) < 4.78 is 0. The zero-order chi connectivity index (χ0) is 8.39.